The molecule has 0 aliphatic carbocycles. The Kier molecular flexibility index (Phi) is 2.96. The van der Waals surface area contributed by atoms with Crippen LogP contribution in [0.3, 0.4) is 0 Å². The van der Waals surface area contributed by atoms with Crippen LogP contribution in [0, 0.1) is 0 Å². The lowest BCUT2D eigenvalue weighted by Crippen LogP contribution is -2.22. The molecule has 1 heterocycles. The van der Waals surface area contributed by atoms with E-state index >= 15 is 0 Å². The molecule has 0 N–H and O–H groups in total. The molecule has 0 aliphatic rings. The van der Waals surface area contributed by atoms with Crippen molar-refractivity contribution < 1.29 is 0 Å². The molecule has 4 heteroatoms. The molecule has 0 amide bonds. The summed E-state index contributed by atoms with van der Waals surface area (Å²) in [6.45, 7) is 8.29. The highest BCUT2D eigenvalue weighted by atomic mass is 35.5. The van der Waals surface area contributed by atoms with Crippen LogP contribution in [0.15, 0.2) is 6.20 Å². The Morgan fingerprint density at radius 3 is 2.54 bits per heavy atom. The average Bonchev–Trinajstić information content (AvgIpc) is 2.50. The lowest BCUT2D eigenvalue weighted by Gasteiger charge is -2.17. The summed E-state index contributed by atoms with van der Waals surface area (Å²) in [6, 6.07) is 0. The number of hydrogen-bond acceptors (Lipinski definition) is 2. The average molecular weight is 202 g/mol. The minimum Gasteiger partial charge on any atom is -0.247 e. The van der Waals surface area contributed by atoms with E-state index in [1.807, 2.05) is 17.8 Å². The third kappa shape index (κ3) is 2.44. The van der Waals surface area contributed by atoms with E-state index in [0.29, 0.717) is 0 Å². The summed E-state index contributed by atoms with van der Waals surface area (Å²) in [6.07, 6.45) is 2.80. The summed E-state index contributed by atoms with van der Waals surface area (Å²) in [4.78, 5) is 0. The fraction of sp³-hybridized carbons (Fsp3) is 0.778. The van der Waals surface area contributed by atoms with Crippen LogP contribution in [0.5, 0.6) is 0 Å². The van der Waals surface area contributed by atoms with Crippen LogP contribution in [0.1, 0.15) is 45.2 Å². The lowest BCUT2D eigenvalue weighted by molar-refractivity contribution is 0.347. The van der Waals surface area contributed by atoms with Crippen LogP contribution in [-0.2, 0) is 5.54 Å². The molecule has 0 bridgehead atoms. The highest BCUT2D eigenvalue weighted by Gasteiger charge is 2.17. The summed E-state index contributed by atoms with van der Waals surface area (Å²) in [7, 11) is 0. The first-order valence-electron chi connectivity index (χ1n) is 4.52. The molecule has 0 aromatic carbocycles. The second kappa shape index (κ2) is 3.66. The summed E-state index contributed by atoms with van der Waals surface area (Å²) < 4.78 is 1.84. The van der Waals surface area contributed by atoms with Gasteiger partial charge in [-0.1, -0.05) is 12.1 Å². The van der Waals surface area contributed by atoms with Crippen molar-refractivity contribution in [1.29, 1.82) is 0 Å². The number of nitrogens with zero attached hydrogens (tertiary/aromatic N) is 3. The maximum Gasteiger partial charge on any atom is 0.101 e. The second-order valence-electron chi connectivity index (χ2n) is 4.13. The van der Waals surface area contributed by atoms with Crippen molar-refractivity contribution in [3.63, 3.8) is 0 Å². The molecule has 74 valence electrons. The van der Waals surface area contributed by atoms with Crippen LogP contribution in [0.25, 0.3) is 0 Å². The van der Waals surface area contributed by atoms with Crippen LogP contribution in [0.2, 0.25) is 0 Å². The SMILES string of the molecule is CCC(Cl)c1cn(C(C)(C)C)nn1. The van der Waals surface area contributed by atoms with E-state index in [1.54, 1.807) is 0 Å². The van der Waals surface area contributed by atoms with E-state index in [9.17, 15) is 0 Å². The van der Waals surface area contributed by atoms with E-state index in [1.165, 1.54) is 0 Å². The van der Waals surface area contributed by atoms with Gasteiger partial charge in [-0.2, -0.15) is 0 Å². The highest BCUT2D eigenvalue weighted by Crippen LogP contribution is 2.22. The van der Waals surface area contributed by atoms with Crippen molar-refractivity contribution in [1.82, 2.24) is 15.0 Å². The predicted octanol–water partition coefficient (Wildman–Crippen LogP) is 2.72. The molecule has 0 aliphatic heterocycles. The molecule has 1 unspecified atom stereocenters. The Morgan fingerprint density at radius 2 is 2.15 bits per heavy atom. The maximum atomic E-state index is 6.04. The molecule has 13 heavy (non-hydrogen) atoms. The molecule has 1 aromatic heterocycles. The number of alkyl halides is 1. The zero-order valence-corrected chi connectivity index (χ0v) is 9.34. The van der Waals surface area contributed by atoms with Crippen molar-refractivity contribution in [3.05, 3.63) is 11.9 Å². The fourth-order valence-electron chi connectivity index (χ4n) is 0.957. The quantitative estimate of drug-likeness (QED) is 0.689. The molecular weight excluding hydrogens is 186 g/mol. The number of rotatable bonds is 2. The van der Waals surface area contributed by atoms with E-state index in [2.05, 4.69) is 31.1 Å². The van der Waals surface area contributed by atoms with Gasteiger partial charge < -0.3 is 0 Å². The van der Waals surface area contributed by atoms with E-state index in [0.717, 1.165) is 12.1 Å². The van der Waals surface area contributed by atoms with Crippen molar-refractivity contribution in [2.75, 3.05) is 0 Å². The lowest BCUT2D eigenvalue weighted by atomic mass is 10.1. The molecule has 0 spiro atoms. The van der Waals surface area contributed by atoms with Gasteiger partial charge in [0.15, 0.2) is 0 Å². The third-order valence-corrected chi connectivity index (χ3v) is 2.41. The van der Waals surface area contributed by atoms with Gasteiger partial charge in [0, 0.05) is 0 Å². The van der Waals surface area contributed by atoms with Crippen LogP contribution in [-0.4, -0.2) is 15.0 Å². The van der Waals surface area contributed by atoms with Gasteiger partial charge >= 0.3 is 0 Å². The van der Waals surface area contributed by atoms with Crippen LogP contribution < -0.4 is 0 Å². The minimum atomic E-state index is -0.0183. The van der Waals surface area contributed by atoms with E-state index < -0.39 is 0 Å². The fourth-order valence-corrected chi connectivity index (χ4v) is 1.06. The standard InChI is InChI=1S/C9H16ClN3/c1-5-7(10)8-6-13(12-11-8)9(2,3)4/h6-7H,5H2,1-4H3. The van der Waals surface area contributed by atoms with Gasteiger partial charge in [0.25, 0.3) is 0 Å². The topological polar surface area (TPSA) is 30.7 Å². The number of aromatic nitrogens is 3. The maximum absolute atomic E-state index is 6.04. The molecule has 1 aromatic rings. The predicted molar refractivity (Wildman–Crippen MR) is 53.9 cm³/mol. The first-order chi connectivity index (χ1) is 5.95. The van der Waals surface area contributed by atoms with Gasteiger partial charge in [-0.25, -0.2) is 4.68 Å². The zero-order chi connectivity index (χ0) is 10.1. The Balaban J connectivity index is 2.87. The molecule has 0 radical (unpaired) electrons. The van der Waals surface area contributed by atoms with Gasteiger partial charge in [0.2, 0.25) is 0 Å². The van der Waals surface area contributed by atoms with Gasteiger partial charge in [-0.05, 0) is 27.2 Å². The number of halogens is 1. The normalized spacial score (nSPS) is 14.5. The molecule has 0 saturated heterocycles. The third-order valence-electron chi connectivity index (χ3n) is 1.88. The van der Waals surface area contributed by atoms with Gasteiger partial charge in [-0.15, -0.1) is 16.7 Å². The Morgan fingerprint density at radius 1 is 1.54 bits per heavy atom. The first-order valence-corrected chi connectivity index (χ1v) is 4.95. The Labute approximate surface area is 84.1 Å². The monoisotopic (exact) mass is 201 g/mol. The summed E-state index contributed by atoms with van der Waals surface area (Å²) in [5.74, 6) is 0. The largest absolute Gasteiger partial charge is 0.247 e. The molecule has 0 saturated carbocycles. The van der Waals surface area contributed by atoms with Crippen LogP contribution >= 0.6 is 11.6 Å². The first kappa shape index (κ1) is 10.5. The zero-order valence-electron chi connectivity index (χ0n) is 8.58. The van der Waals surface area contributed by atoms with Crippen LogP contribution in [0.4, 0.5) is 0 Å². The Bertz CT molecular complexity index is 275. The van der Waals surface area contributed by atoms with Crippen molar-refractivity contribution in [3.8, 4) is 0 Å². The molecule has 1 atom stereocenters. The summed E-state index contributed by atoms with van der Waals surface area (Å²) in [5, 5.41) is 8.06. The number of hydrogen-bond donors (Lipinski definition) is 0. The second-order valence-corrected chi connectivity index (χ2v) is 4.66. The minimum absolute atomic E-state index is 0.0175. The smallest absolute Gasteiger partial charge is 0.101 e. The van der Waals surface area contributed by atoms with Crippen molar-refractivity contribution >= 4 is 11.6 Å². The van der Waals surface area contributed by atoms with Gasteiger partial charge in [0.05, 0.1) is 17.1 Å². The summed E-state index contributed by atoms with van der Waals surface area (Å²) >= 11 is 6.04. The van der Waals surface area contributed by atoms with Gasteiger partial charge in [0.1, 0.15) is 5.69 Å². The van der Waals surface area contributed by atoms with Gasteiger partial charge in [-0.3, -0.25) is 0 Å². The summed E-state index contributed by atoms with van der Waals surface area (Å²) in [5.41, 5.74) is 0.842. The Hall–Kier alpha value is -0.570. The van der Waals surface area contributed by atoms with E-state index in [4.69, 9.17) is 11.6 Å². The molecular formula is C9H16ClN3. The molecule has 3 nitrogen and oxygen atoms in total. The van der Waals surface area contributed by atoms with Crippen molar-refractivity contribution in [2.24, 2.45) is 0 Å². The highest BCUT2D eigenvalue weighted by molar-refractivity contribution is 6.20. The molecule has 0 fully saturated rings. The molecule has 1 rings (SSSR count). The van der Waals surface area contributed by atoms with E-state index in [-0.39, 0.29) is 10.9 Å². The van der Waals surface area contributed by atoms with Crippen molar-refractivity contribution in [2.45, 2.75) is 45.0 Å².